The SMILES string of the molecule is CCc1ccc(/C=C/C(=O)Nc2ccc(S(=O)(=O)NC3=NCCCCC3)cc2)cc1. The molecule has 0 aromatic heterocycles. The van der Waals surface area contributed by atoms with Crippen molar-refractivity contribution in [3.63, 3.8) is 0 Å². The molecule has 2 aromatic carbocycles. The highest BCUT2D eigenvalue weighted by molar-refractivity contribution is 7.90. The highest BCUT2D eigenvalue weighted by atomic mass is 32.2. The van der Waals surface area contributed by atoms with Crippen LogP contribution < -0.4 is 10.0 Å². The van der Waals surface area contributed by atoms with Gasteiger partial charge >= 0.3 is 0 Å². The first-order valence-corrected chi connectivity index (χ1v) is 11.7. The number of carbonyl (C=O) groups excluding carboxylic acids is 1. The number of hydrogen-bond donors (Lipinski definition) is 2. The van der Waals surface area contributed by atoms with E-state index < -0.39 is 10.0 Å². The van der Waals surface area contributed by atoms with Gasteiger partial charge in [-0.3, -0.25) is 14.5 Å². The molecule has 1 aliphatic rings. The topological polar surface area (TPSA) is 87.6 Å². The second-order valence-electron chi connectivity index (χ2n) is 7.19. The van der Waals surface area contributed by atoms with E-state index in [1.54, 1.807) is 18.2 Å². The Morgan fingerprint density at radius 2 is 1.77 bits per heavy atom. The lowest BCUT2D eigenvalue weighted by atomic mass is 10.1. The van der Waals surface area contributed by atoms with Crippen LogP contribution in [0.15, 0.2) is 64.5 Å². The summed E-state index contributed by atoms with van der Waals surface area (Å²) in [6.07, 6.45) is 7.78. The van der Waals surface area contributed by atoms with E-state index in [-0.39, 0.29) is 10.8 Å². The van der Waals surface area contributed by atoms with Crippen molar-refractivity contribution in [3.8, 4) is 0 Å². The van der Waals surface area contributed by atoms with Crippen molar-refractivity contribution in [3.05, 3.63) is 65.7 Å². The summed E-state index contributed by atoms with van der Waals surface area (Å²) in [7, 11) is -3.68. The molecule has 2 aromatic rings. The molecule has 1 heterocycles. The normalized spacial score (nSPS) is 14.8. The highest BCUT2D eigenvalue weighted by Crippen LogP contribution is 2.16. The van der Waals surface area contributed by atoms with Crippen molar-refractivity contribution in [2.45, 2.75) is 43.9 Å². The third-order valence-electron chi connectivity index (χ3n) is 4.87. The Morgan fingerprint density at radius 3 is 2.47 bits per heavy atom. The number of amidine groups is 1. The minimum atomic E-state index is -3.68. The number of sulfonamides is 1. The molecule has 0 atom stereocenters. The number of anilines is 1. The molecule has 3 rings (SSSR count). The first-order chi connectivity index (χ1) is 14.5. The Kier molecular flexibility index (Phi) is 7.41. The fourth-order valence-electron chi connectivity index (χ4n) is 3.11. The minimum absolute atomic E-state index is 0.138. The molecule has 2 N–H and O–H groups in total. The molecule has 6 nitrogen and oxygen atoms in total. The van der Waals surface area contributed by atoms with Crippen LogP contribution in [-0.2, 0) is 21.2 Å². The lowest BCUT2D eigenvalue weighted by Gasteiger charge is -2.10. The van der Waals surface area contributed by atoms with Crippen LogP contribution in [0.4, 0.5) is 5.69 Å². The van der Waals surface area contributed by atoms with Crippen molar-refractivity contribution in [1.82, 2.24) is 4.72 Å². The van der Waals surface area contributed by atoms with E-state index >= 15 is 0 Å². The third kappa shape index (κ3) is 6.29. The van der Waals surface area contributed by atoms with E-state index in [9.17, 15) is 13.2 Å². The maximum Gasteiger partial charge on any atom is 0.262 e. The van der Waals surface area contributed by atoms with Crippen LogP contribution >= 0.6 is 0 Å². The Bertz CT molecular complexity index is 1020. The highest BCUT2D eigenvalue weighted by Gasteiger charge is 2.17. The predicted octanol–water partition coefficient (Wildman–Crippen LogP) is 4.15. The van der Waals surface area contributed by atoms with Gasteiger partial charge in [-0.05, 0) is 60.7 Å². The molecule has 7 heteroatoms. The molecule has 0 aliphatic carbocycles. The zero-order valence-corrected chi connectivity index (χ0v) is 17.9. The molecule has 0 saturated heterocycles. The second kappa shape index (κ2) is 10.2. The van der Waals surface area contributed by atoms with Crippen molar-refractivity contribution in [2.75, 3.05) is 11.9 Å². The van der Waals surface area contributed by atoms with E-state index in [0.717, 1.165) is 31.2 Å². The summed E-state index contributed by atoms with van der Waals surface area (Å²) in [6, 6.07) is 14.1. The number of nitrogens with one attached hydrogen (secondary N) is 2. The zero-order chi connectivity index (χ0) is 21.4. The lowest BCUT2D eigenvalue weighted by Crippen LogP contribution is -2.30. The Balaban J connectivity index is 1.59. The van der Waals surface area contributed by atoms with Gasteiger partial charge < -0.3 is 5.32 Å². The summed E-state index contributed by atoms with van der Waals surface area (Å²) in [5, 5.41) is 2.74. The number of amides is 1. The van der Waals surface area contributed by atoms with Crippen molar-refractivity contribution >= 4 is 33.5 Å². The lowest BCUT2D eigenvalue weighted by molar-refractivity contribution is -0.111. The van der Waals surface area contributed by atoms with Crippen LogP contribution in [0.3, 0.4) is 0 Å². The van der Waals surface area contributed by atoms with Gasteiger partial charge in [-0.2, -0.15) is 0 Å². The summed E-state index contributed by atoms with van der Waals surface area (Å²) in [5.41, 5.74) is 2.71. The van der Waals surface area contributed by atoms with Gasteiger partial charge in [-0.1, -0.05) is 37.6 Å². The number of hydrogen-bond acceptors (Lipinski definition) is 4. The minimum Gasteiger partial charge on any atom is -0.323 e. The molecule has 1 aliphatic heterocycles. The summed E-state index contributed by atoms with van der Waals surface area (Å²) < 4.78 is 27.7. The predicted molar refractivity (Wildman–Crippen MR) is 121 cm³/mol. The van der Waals surface area contributed by atoms with Crippen LogP contribution in [0.1, 0.15) is 43.7 Å². The van der Waals surface area contributed by atoms with Crippen LogP contribution in [0, 0.1) is 0 Å². The largest absolute Gasteiger partial charge is 0.323 e. The third-order valence-corrected chi connectivity index (χ3v) is 6.27. The number of aliphatic imine (C=N–C) groups is 1. The smallest absolute Gasteiger partial charge is 0.262 e. The van der Waals surface area contributed by atoms with Gasteiger partial charge in [0.25, 0.3) is 10.0 Å². The average Bonchev–Trinajstić information content (AvgIpc) is 3.01. The van der Waals surface area contributed by atoms with E-state index in [0.29, 0.717) is 24.5 Å². The van der Waals surface area contributed by atoms with Crippen molar-refractivity contribution in [2.24, 2.45) is 4.99 Å². The van der Waals surface area contributed by atoms with Crippen LogP contribution in [-0.4, -0.2) is 26.7 Å². The van der Waals surface area contributed by atoms with E-state index in [1.165, 1.54) is 23.8 Å². The van der Waals surface area contributed by atoms with Gasteiger partial charge in [0, 0.05) is 24.7 Å². The molecule has 0 saturated carbocycles. The van der Waals surface area contributed by atoms with Gasteiger partial charge in [0.2, 0.25) is 5.91 Å². The maximum absolute atomic E-state index is 12.6. The summed E-state index contributed by atoms with van der Waals surface area (Å²) >= 11 is 0. The number of carbonyl (C=O) groups is 1. The van der Waals surface area contributed by atoms with Crippen LogP contribution in [0.2, 0.25) is 0 Å². The van der Waals surface area contributed by atoms with Gasteiger partial charge in [-0.25, -0.2) is 8.42 Å². The quantitative estimate of drug-likeness (QED) is 0.682. The maximum atomic E-state index is 12.6. The molecule has 30 heavy (non-hydrogen) atoms. The fraction of sp³-hybridized carbons (Fsp3) is 0.304. The number of aryl methyl sites for hydroxylation is 1. The van der Waals surface area contributed by atoms with Gasteiger partial charge in [0.15, 0.2) is 0 Å². The summed E-state index contributed by atoms with van der Waals surface area (Å²) in [4.78, 5) is 16.6. The Morgan fingerprint density at radius 1 is 1.03 bits per heavy atom. The molecule has 1 amide bonds. The van der Waals surface area contributed by atoms with Gasteiger partial charge in [-0.15, -0.1) is 0 Å². The molecule has 158 valence electrons. The molecule has 0 unspecified atom stereocenters. The molecular formula is C23H27N3O3S. The van der Waals surface area contributed by atoms with Gasteiger partial charge in [0.1, 0.15) is 5.84 Å². The van der Waals surface area contributed by atoms with Crippen molar-refractivity contribution in [1.29, 1.82) is 0 Å². The first-order valence-electron chi connectivity index (χ1n) is 10.2. The Labute approximate surface area is 178 Å². The van der Waals surface area contributed by atoms with Crippen molar-refractivity contribution < 1.29 is 13.2 Å². The zero-order valence-electron chi connectivity index (χ0n) is 17.1. The summed E-state index contributed by atoms with van der Waals surface area (Å²) in [6.45, 7) is 2.75. The average molecular weight is 426 g/mol. The number of benzene rings is 2. The standard InChI is InChI=1S/C23H27N3O3S/c1-2-18-7-9-19(10-8-18)11-16-23(27)25-20-12-14-21(15-13-20)30(28,29)26-22-6-4-3-5-17-24-22/h7-16H,2-6,17H2,1H3,(H,24,26)(H,25,27)/b16-11+. The van der Waals surface area contributed by atoms with E-state index in [1.807, 2.05) is 24.3 Å². The van der Waals surface area contributed by atoms with Crippen LogP contribution in [0.25, 0.3) is 6.08 Å². The van der Waals surface area contributed by atoms with Crippen LogP contribution in [0.5, 0.6) is 0 Å². The molecular weight excluding hydrogens is 398 g/mol. The fourth-order valence-corrected chi connectivity index (χ4v) is 4.20. The van der Waals surface area contributed by atoms with E-state index in [2.05, 4.69) is 22.0 Å². The van der Waals surface area contributed by atoms with Gasteiger partial charge in [0.05, 0.1) is 4.90 Å². The number of rotatable bonds is 6. The first kappa shape index (κ1) is 21.8. The molecule has 0 spiro atoms. The molecule has 0 radical (unpaired) electrons. The monoisotopic (exact) mass is 425 g/mol. The second-order valence-corrected chi connectivity index (χ2v) is 8.87. The van der Waals surface area contributed by atoms with E-state index in [4.69, 9.17) is 0 Å². The Hall–Kier alpha value is -2.93. The number of nitrogens with zero attached hydrogens (tertiary/aromatic N) is 1. The molecule has 0 fully saturated rings. The summed E-state index contributed by atoms with van der Waals surface area (Å²) in [5.74, 6) is 0.234. The molecule has 0 bridgehead atoms.